The molecule has 3 rings (SSSR count). The van der Waals surface area contributed by atoms with E-state index in [9.17, 15) is 14.0 Å². The van der Waals surface area contributed by atoms with Crippen molar-refractivity contribution in [1.29, 1.82) is 0 Å². The second-order valence-corrected chi connectivity index (χ2v) is 6.20. The van der Waals surface area contributed by atoms with E-state index in [0.717, 1.165) is 0 Å². The van der Waals surface area contributed by atoms with Gasteiger partial charge in [0.15, 0.2) is 5.78 Å². The van der Waals surface area contributed by atoms with E-state index in [2.05, 4.69) is 5.16 Å². The summed E-state index contributed by atoms with van der Waals surface area (Å²) in [6, 6.07) is 4.51. The number of piperazine rings is 1. The molecule has 0 N–H and O–H groups in total. The van der Waals surface area contributed by atoms with Gasteiger partial charge < -0.3 is 14.3 Å². The summed E-state index contributed by atoms with van der Waals surface area (Å²) in [5.41, 5.74) is 1.89. The summed E-state index contributed by atoms with van der Waals surface area (Å²) in [7, 11) is 0. The molecular weight excluding hydrogens is 325 g/mol. The summed E-state index contributed by atoms with van der Waals surface area (Å²) in [4.78, 5) is 27.6. The van der Waals surface area contributed by atoms with Crippen LogP contribution in [0.25, 0.3) is 0 Å². The summed E-state index contributed by atoms with van der Waals surface area (Å²) in [6.07, 6.45) is 0. The number of nitrogens with zero attached hydrogens (tertiary/aromatic N) is 3. The van der Waals surface area contributed by atoms with Crippen molar-refractivity contribution >= 4 is 17.4 Å². The minimum absolute atomic E-state index is 0.108. The standard InChI is InChI=1S/C18H20FN3O3/c1-11-17(13(3)25-20-11)18(24)22-8-6-21(7-9-22)16-5-4-14(12(2)23)10-15(16)19/h4-5,10H,6-9H2,1-3H3. The number of ketones is 1. The maximum absolute atomic E-state index is 14.3. The van der Waals surface area contributed by atoms with Crippen molar-refractivity contribution in [3.63, 3.8) is 0 Å². The molecule has 0 spiro atoms. The first-order chi connectivity index (χ1) is 11.9. The van der Waals surface area contributed by atoms with E-state index in [1.807, 2.05) is 4.90 Å². The molecule has 0 aliphatic carbocycles. The Morgan fingerprint density at radius 1 is 1.16 bits per heavy atom. The first-order valence-corrected chi connectivity index (χ1v) is 8.16. The second-order valence-electron chi connectivity index (χ2n) is 6.20. The Kier molecular flexibility index (Phi) is 4.57. The fraction of sp³-hybridized carbons (Fsp3) is 0.389. The number of Topliss-reactive ketones (excluding diaryl/α,β-unsaturated/α-hetero) is 1. The van der Waals surface area contributed by atoms with Gasteiger partial charge in [-0.05, 0) is 39.0 Å². The number of benzene rings is 1. The number of aryl methyl sites for hydroxylation is 2. The number of rotatable bonds is 3. The van der Waals surface area contributed by atoms with Gasteiger partial charge in [-0.15, -0.1) is 0 Å². The third-order valence-electron chi connectivity index (χ3n) is 4.51. The molecule has 1 aliphatic rings. The smallest absolute Gasteiger partial charge is 0.259 e. The molecule has 0 radical (unpaired) electrons. The van der Waals surface area contributed by atoms with Crippen LogP contribution in [0.1, 0.15) is 39.1 Å². The lowest BCUT2D eigenvalue weighted by Gasteiger charge is -2.36. The van der Waals surface area contributed by atoms with Gasteiger partial charge in [0.2, 0.25) is 0 Å². The van der Waals surface area contributed by atoms with Crippen LogP contribution in [0, 0.1) is 19.7 Å². The van der Waals surface area contributed by atoms with E-state index in [1.165, 1.54) is 13.0 Å². The van der Waals surface area contributed by atoms with E-state index >= 15 is 0 Å². The number of aromatic nitrogens is 1. The number of anilines is 1. The average Bonchev–Trinajstić information content (AvgIpc) is 2.93. The van der Waals surface area contributed by atoms with Crippen LogP contribution in [-0.4, -0.2) is 47.9 Å². The van der Waals surface area contributed by atoms with Crippen LogP contribution >= 0.6 is 0 Å². The zero-order valence-corrected chi connectivity index (χ0v) is 14.5. The first kappa shape index (κ1) is 17.1. The van der Waals surface area contributed by atoms with Crippen molar-refractivity contribution in [2.45, 2.75) is 20.8 Å². The number of halogens is 1. The molecule has 1 amide bonds. The minimum atomic E-state index is -0.418. The summed E-state index contributed by atoms with van der Waals surface area (Å²) >= 11 is 0. The molecular formula is C18H20FN3O3. The van der Waals surface area contributed by atoms with E-state index in [4.69, 9.17) is 4.52 Å². The highest BCUT2D eigenvalue weighted by Gasteiger charge is 2.27. The van der Waals surface area contributed by atoms with Gasteiger partial charge in [-0.3, -0.25) is 9.59 Å². The zero-order chi connectivity index (χ0) is 18.1. The fourth-order valence-corrected chi connectivity index (χ4v) is 3.08. The molecule has 7 heteroatoms. The topological polar surface area (TPSA) is 66.7 Å². The number of hydrogen-bond acceptors (Lipinski definition) is 5. The van der Waals surface area contributed by atoms with Crippen LogP contribution in [0.2, 0.25) is 0 Å². The van der Waals surface area contributed by atoms with Gasteiger partial charge in [-0.1, -0.05) is 5.16 Å². The van der Waals surface area contributed by atoms with Gasteiger partial charge in [-0.2, -0.15) is 0 Å². The Labute approximate surface area is 145 Å². The Bertz CT molecular complexity index is 803. The third kappa shape index (κ3) is 3.26. The largest absolute Gasteiger partial charge is 0.366 e. The quantitative estimate of drug-likeness (QED) is 0.800. The lowest BCUT2D eigenvalue weighted by molar-refractivity contribution is 0.0744. The van der Waals surface area contributed by atoms with Crippen LogP contribution in [0.5, 0.6) is 0 Å². The van der Waals surface area contributed by atoms with Crippen LogP contribution in [0.3, 0.4) is 0 Å². The highest BCUT2D eigenvalue weighted by molar-refractivity contribution is 5.96. The molecule has 1 saturated heterocycles. The number of hydrogen-bond donors (Lipinski definition) is 0. The second kappa shape index (κ2) is 6.66. The predicted molar refractivity (Wildman–Crippen MR) is 90.5 cm³/mol. The van der Waals surface area contributed by atoms with E-state index in [-0.39, 0.29) is 11.7 Å². The Balaban J connectivity index is 1.70. The van der Waals surface area contributed by atoms with Crippen molar-refractivity contribution in [2.75, 3.05) is 31.1 Å². The predicted octanol–water partition coefficient (Wildman–Crippen LogP) is 2.60. The van der Waals surface area contributed by atoms with Crippen molar-refractivity contribution < 1.29 is 18.5 Å². The number of carbonyl (C=O) groups is 2. The molecule has 1 fully saturated rings. The summed E-state index contributed by atoms with van der Waals surface area (Å²) in [6.45, 7) is 6.87. The highest BCUT2D eigenvalue weighted by atomic mass is 19.1. The maximum Gasteiger partial charge on any atom is 0.259 e. The van der Waals surface area contributed by atoms with Crippen molar-refractivity contribution in [2.24, 2.45) is 0 Å². The van der Waals surface area contributed by atoms with Gasteiger partial charge in [0.1, 0.15) is 17.1 Å². The highest BCUT2D eigenvalue weighted by Crippen LogP contribution is 2.23. The van der Waals surface area contributed by atoms with E-state index in [1.54, 1.807) is 30.9 Å². The number of amides is 1. The van der Waals surface area contributed by atoms with Crippen LogP contribution in [0.4, 0.5) is 10.1 Å². The van der Waals surface area contributed by atoms with Gasteiger partial charge in [0.05, 0.1) is 11.4 Å². The Hall–Kier alpha value is -2.70. The molecule has 1 aromatic heterocycles. The monoisotopic (exact) mass is 345 g/mol. The molecule has 0 atom stereocenters. The van der Waals surface area contributed by atoms with Gasteiger partial charge in [0, 0.05) is 31.7 Å². The molecule has 25 heavy (non-hydrogen) atoms. The molecule has 0 bridgehead atoms. The Morgan fingerprint density at radius 2 is 1.84 bits per heavy atom. The average molecular weight is 345 g/mol. The van der Waals surface area contributed by atoms with Crippen LogP contribution < -0.4 is 4.90 Å². The molecule has 2 aromatic rings. The lowest BCUT2D eigenvalue weighted by atomic mass is 10.1. The Morgan fingerprint density at radius 3 is 2.36 bits per heavy atom. The van der Waals surface area contributed by atoms with Gasteiger partial charge in [-0.25, -0.2) is 4.39 Å². The zero-order valence-electron chi connectivity index (χ0n) is 14.5. The summed E-state index contributed by atoms with van der Waals surface area (Å²) < 4.78 is 19.3. The van der Waals surface area contributed by atoms with Crippen molar-refractivity contribution in [3.8, 4) is 0 Å². The molecule has 1 aromatic carbocycles. The SMILES string of the molecule is CC(=O)c1ccc(N2CCN(C(=O)c3c(C)noc3C)CC2)c(F)c1. The van der Waals surface area contributed by atoms with Crippen LogP contribution in [-0.2, 0) is 0 Å². The fourth-order valence-electron chi connectivity index (χ4n) is 3.08. The van der Waals surface area contributed by atoms with Gasteiger partial charge in [0.25, 0.3) is 5.91 Å². The van der Waals surface area contributed by atoms with E-state index < -0.39 is 5.82 Å². The summed E-state index contributed by atoms with van der Waals surface area (Å²) in [5.74, 6) is -0.183. The minimum Gasteiger partial charge on any atom is -0.366 e. The van der Waals surface area contributed by atoms with E-state index in [0.29, 0.717) is 54.4 Å². The van der Waals surface area contributed by atoms with Crippen molar-refractivity contribution in [3.05, 3.63) is 46.6 Å². The summed E-state index contributed by atoms with van der Waals surface area (Å²) in [5, 5.41) is 3.82. The molecule has 0 unspecified atom stereocenters. The van der Waals surface area contributed by atoms with Crippen LogP contribution in [0.15, 0.2) is 22.7 Å². The molecule has 132 valence electrons. The molecule has 1 aliphatic heterocycles. The molecule has 0 saturated carbocycles. The first-order valence-electron chi connectivity index (χ1n) is 8.16. The third-order valence-corrected chi connectivity index (χ3v) is 4.51. The maximum atomic E-state index is 14.3. The molecule has 6 nitrogen and oxygen atoms in total. The normalized spacial score (nSPS) is 14.7. The number of carbonyl (C=O) groups excluding carboxylic acids is 2. The lowest BCUT2D eigenvalue weighted by Crippen LogP contribution is -2.49. The molecule has 2 heterocycles. The van der Waals surface area contributed by atoms with Gasteiger partial charge >= 0.3 is 0 Å². The van der Waals surface area contributed by atoms with Crippen molar-refractivity contribution in [1.82, 2.24) is 10.1 Å².